The highest BCUT2D eigenvalue weighted by Crippen LogP contribution is 2.49. The van der Waals surface area contributed by atoms with Crippen LogP contribution >= 0.6 is 0 Å². The van der Waals surface area contributed by atoms with Gasteiger partial charge in [0.1, 0.15) is 0 Å². The van der Waals surface area contributed by atoms with Gasteiger partial charge in [-0.25, -0.2) is 0 Å². The molecule has 0 aromatic heterocycles. The molecule has 15 heavy (non-hydrogen) atoms. The predicted molar refractivity (Wildman–Crippen MR) is 60.0 cm³/mol. The van der Waals surface area contributed by atoms with Crippen molar-refractivity contribution in [1.82, 2.24) is 0 Å². The zero-order chi connectivity index (χ0) is 11.3. The minimum atomic E-state index is -1.63. The van der Waals surface area contributed by atoms with Crippen LogP contribution in [0, 0.1) is 5.92 Å². The fraction of sp³-hybridized carbons (Fsp3) is 0.727. The van der Waals surface area contributed by atoms with Crippen molar-refractivity contribution in [2.45, 2.75) is 38.8 Å². The van der Waals surface area contributed by atoms with Crippen molar-refractivity contribution in [3.05, 3.63) is 11.6 Å². The summed E-state index contributed by atoms with van der Waals surface area (Å²) < 4.78 is 11.7. The second kappa shape index (κ2) is 3.27. The van der Waals surface area contributed by atoms with E-state index in [0.717, 1.165) is 12.0 Å². The van der Waals surface area contributed by atoms with E-state index in [4.69, 9.17) is 9.16 Å². The number of carbonyl (C=O) groups is 1. The summed E-state index contributed by atoms with van der Waals surface area (Å²) in [6.45, 7) is 8.73. The number of rotatable bonds is 3. The summed E-state index contributed by atoms with van der Waals surface area (Å²) in [6, 6.07) is 0. The molecule has 0 saturated carbocycles. The van der Waals surface area contributed by atoms with Gasteiger partial charge in [-0.2, -0.15) is 0 Å². The van der Waals surface area contributed by atoms with Crippen molar-refractivity contribution >= 4 is 14.1 Å². The van der Waals surface area contributed by atoms with Gasteiger partial charge < -0.3 is 9.16 Å². The smallest absolute Gasteiger partial charge is 0.188 e. The van der Waals surface area contributed by atoms with Crippen LogP contribution in [0.2, 0.25) is 19.6 Å². The summed E-state index contributed by atoms with van der Waals surface area (Å²) in [7, 11) is -1.63. The van der Waals surface area contributed by atoms with Crippen molar-refractivity contribution in [2.75, 3.05) is 6.61 Å². The fourth-order valence-corrected chi connectivity index (χ4v) is 3.55. The van der Waals surface area contributed by atoms with Crippen molar-refractivity contribution in [1.29, 1.82) is 0 Å². The zero-order valence-corrected chi connectivity index (χ0v) is 10.8. The molecule has 0 bridgehead atoms. The highest BCUT2D eigenvalue weighted by Gasteiger charge is 2.55. The summed E-state index contributed by atoms with van der Waals surface area (Å²) in [5.74, 6) is -0.215. The minimum Gasteiger partial charge on any atom is -0.387 e. The van der Waals surface area contributed by atoms with Gasteiger partial charge in [0.25, 0.3) is 0 Å². The third-order valence-corrected chi connectivity index (χ3v) is 3.76. The Labute approximate surface area is 91.6 Å². The van der Waals surface area contributed by atoms with Gasteiger partial charge in [-0.05, 0) is 39.1 Å². The maximum absolute atomic E-state index is 11.3. The number of carbonyl (C=O) groups excluding carboxylic acids is 1. The van der Waals surface area contributed by atoms with Gasteiger partial charge in [-0.1, -0.05) is 0 Å². The number of hydrogen-bond donors (Lipinski definition) is 0. The molecule has 1 heterocycles. The molecule has 1 fully saturated rings. The Hall–Kier alpha value is -0.453. The highest BCUT2D eigenvalue weighted by molar-refractivity contribution is 6.69. The lowest BCUT2D eigenvalue weighted by Crippen LogP contribution is -2.52. The van der Waals surface area contributed by atoms with Gasteiger partial charge in [0.15, 0.2) is 19.9 Å². The molecule has 3 nitrogen and oxygen atoms in total. The topological polar surface area (TPSA) is 35.5 Å². The van der Waals surface area contributed by atoms with Gasteiger partial charge in [0, 0.05) is 11.5 Å². The molecule has 84 valence electrons. The molecule has 0 aromatic carbocycles. The van der Waals surface area contributed by atoms with Crippen molar-refractivity contribution in [3.63, 3.8) is 0 Å². The molecule has 4 heteroatoms. The molecule has 0 unspecified atom stereocenters. The first-order valence-corrected chi connectivity index (χ1v) is 8.83. The van der Waals surface area contributed by atoms with E-state index < -0.39 is 14.1 Å². The number of fused-ring (bicyclic) bond motifs is 1. The average molecular weight is 226 g/mol. The van der Waals surface area contributed by atoms with E-state index in [9.17, 15) is 4.79 Å². The van der Waals surface area contributed by atoms with Gasteiger partial charge >= 0.3 is 0 Å². The molecule has 0 spiro atoms. The molecule has 2 rings (SSSR count). The minimum absolute atomic E-state index is 0.153. The van der Waals surface area contributed by atoms with Crippen LogP contribution in [-0.2, 0) is 14.0 Å². The standard InChI is InChI=1S/C11H18O3Si/c1-8(12)9-7-11(14-15(2,3)4)10(9)5-6-13-11/h7,10H,5-6H2,1-4H3/t10-,11-/m0/s1. The Morgan fingerprint density at radius 3 is 2.80 bits per heavy atom. The van der Waals surface area contributed by atoms with Crippen molar-refractivity contribution in [3.8, 4) is 0 Å². The molecule has 0 aromatic rings. The first-order valence-electron chi connectivity index (χ1n) is 5.42. The van der Waals surface area contributed by atoms with E-state index in [1.54, 1.807) is 6.92 Å². The Balaban J connectivity index is 2.20. The second-order valence-electron chi connectivity index (χ2n) is 5.28. The number of Topliss-reactive ketones (excluding diaryl/α,β-unsaturated/α-hetero) is 1. The van der Waals surface area contributed by atoms with Crippen LogP contribution in [0.3, 0.4) is 0 Å². The first-order chi connectivity index (χ1) is 6.84. The summed E-state index contributed by atoms with van der Waals surface area (Å²) in [6.07, 6.45) is 2.79. The molecule has 1 aliphatic heterocycles. The molecule has 0 amide bonds. The van der Waals surface area contributed by atoms with Crippen LogP contribution in [0.15, 0.2) is 11.6 Å². The summed E-state index contributed by atoms with van der Waals surface area (Å²) in [5, 5.41) is 0. The SMILES string of the molecule is CC(=O)C1=C[C@@]2(O[Si](C)(C)C)OCC[C@@H]12. The second-order valence-corrected chi connectivity index (χ2v) is 9.71. The quantitative estimate of drug-likeness (QED) is 0.691. The van der Waals surface area contributed by atoms with Crippen LogP contribution in [0.5, 0.6) is 0 Å². The van der Waals surface area contributed by atoms with E-state index in [0.29, 0.717) is 6.61 Å². The van der Waals surface area contributed by atoms with Crippen molar-refractivity contribution < 1.29 is 14.0 Å². The fourth-order valence-electron chi connectivity index (χ4n) is 2.33. The first kappa shape index (κ1) is 11.0. The number of hydrogen-bond acceptors (Lipinski definition) is 3. The molecule has 0 radical (unpaired) electrons. The zero-order valence-electron chi connectivity index (χ0n) is 9.79. The molecule has 1 saturated heterocycles. The monoisotopic (exact) mass is 226 g/mol. The van der Waals surface area contributed by atoms with E-state index in [2.05, 4.69) is 19.6 Å². The Morgan fingerprint density at radius 1 is 1.60 bits per heavy atom. The van der Waals surface area contributed by atoms with Crippen LogP contribution in [0.25, 0.3) is 0 Å². The van der Waals surface area contributed by atoms with E-state index >= 15 is 0 Å². The summed E-state index contributed by atoms with van der Waals surface area (Å²) in [4.78, 5) is 11.3. The molecule has 0 N–H and O–H groups in total. The number of ether oxygens (including phenoxy) is 1. The molecular formula is C11H18O3Si. The van der Waals surface area contributed by atoms with Gasteiger partial charge in [-0.15, -0.1) is 0 Å². The van der Waals surface area contributed by atoms with Crippen LogP contribution in [0.4, 0.5) is 0 Å². The lowest BCUT2D eigenvalue weighted by molar-refractivity contribution is -0.153. The van der Waals surface area contributed by atoms with Crippen LogP contribution in [-0.4, -0.2) is 26.5 Å². The van der Waals surface area contributed by atoms with Crippen LogP contribution in [0.1, 0.15) is 13.3 Å². The maximum atomic E-state index is 11.3. The van der Waals surface area contributed by atoms with E-state index in [-0.39, 0.29) is 11.7 Å². The molecular weight excluding hydrogens is 208 g/mol. The lowest BCUT2D eigenvalue weighted by atomic mass is 9.77. The molecule has 1 aliphatic carbocycles. The Kier molecular flexibility index (Phi) is 2.41. The largest absolute Gasteiger partial charge is 0.387 e. The molecule has 2 aliphatic rings. The molecule has 2 atom stereocenters. The third kappa shape index (κ3) is 1.81. The van der Waals surface area contributed by atoms with Crippen molar-refractivity contribution in [2.24, 2.45) is 5.92 Å². The summed E-state index contributed by atoms with van der Waals surface area (Å²) >= 11 is 0. The summed E-state index contributed by atoms with van der Waals surface area (Å²) in [5.41, 5.74) is 0.894. The average Bonchev–Trinajstić information content (AvgIpc) is 2.28. The highest BCUT2D eigenvalue weighted by atomic mass is 28.4. The number of ketones is 1. The Morgan fingerprint density at radius 2 is 2.27 bits per heavy atom. The van der Waals surface area contributed by atoms with Gasteiger partial charge in [-0.3, -0.25) is 4.79 Å². The van der Waals surface area contributed by atoms with Crippen LogP contribution < -0.4 is 0 Å². The lowest BCUT2D eigenvalue weighted by Gasteiger charge is -2.44. The van der Waals surface area contributed by atoms with Gasteiger partial charge in [0.05, 0.1) is 6.61 Å². The van der Waals surface area contributed by atoms with Gasteiger partial charge in [0.2, 0.25) is 0 Å². The normalized spacial score (nSPS) is 34.4. The predicted octanol–water partition coefficient (Wildman–Crippen LogP) is 2.10. The van der Waals surface area contributed by atoms with E-state index in [1.807, 2.05) is 6.08 Å². The van der Waals surface area contributed by atoms with E-state index in [1.165, 1.54) is 0 Å². The maximum Gasteiger partial charge on any atom is 0.188 e. The Bertz CT molecular complexity index is 329. The third-order valence-electron chi connectivity index (χ3n) is 2.82.